The van der Waals surface area contributed by atoms with E-state index in [0.717, 1.165) is 17.5 Å². The molecule has 1 N–H and O–H groups in total. The fourth-order valence-electron chi connectivity index (χ4n) is 0.838. The molecule has 0 spiro atoms. The van der Waals surface area contributed by atoms with Crippen LogP contribution < -0.4 is 5.32 Å². The van der Waals surface area contributed by atoms with Crippen LogP contribution in [0.5, 0.6) is 0 Å². The molecule has 0 fully saturated rings. The Bertz CT molecular complexity index is 254. The minimum absolute atomic E-state index is 0.485. The van der Waals surface area contributed by atoms with Gasteiger partial charge in [0.25, 0.3) is 0 Å². The van der Waals surface area contributed by atoms with Crippen molar-refractivity contribution in [2.24, 2.45) is 0 Å². The maximum absolute atomic E-state index is 5.19. The number of ether oxygens (including phenoxy) is 2. The van der Waals surface area contributed by atoms with E-state index in [1.54, 1.807) is 7.11 Å². The summed E-state index contributed by atoms with van der Waals surface area (Å²) in [6.07, 6.45) is 0. The second-order valence-corrected chi connectivity index (χ2v) is 3.32. The van der Waals surface area contributed by atoms with Gasteiger partial charge in [-0.2, -0.15) is 4.37 Å². The summed E-state index contributed by atoms with van der Waals surface area (Å²) in [5.41, 5.74) is 0. The highest BCUT2D eigenvalue weighted by atomic mass is 32.1. The normalized spacial score (nSPS) is 10.4. The van der Waals surface area contributed by atoms with Crippen LogP contribution in [-0.2, 0) is 16.1 Å². The maximum atomic E-state index is 5.19. The minimum atomic E-state index is 0.485. The number of methoxy groups -OCH3 is 1. The zero-order valence-corrected chi connectivity index (χ0v) is 9.26. The molecule has 14 heavy (non-hydrogen) atoms. The average molecular weight is 217 g/mol. The Balaban J connectivity index is 2.27. The van der Waals surface area contributed by atoms with Gasteiger partial charge < -0.3 is 14.8 Å². The lowest BCUT2D eigenvalue weighted by atomic mass is 10.6. The standard InChI is InChI=1S/C8H15N3O2S/c1-3-13-6-7-10-8(14-11-7)9-4-5-12-2/h3-6H2,1-2H3,(H,9,10,11). The quantitative estimate of drug-likeness (QED) is 0.694. The summed E-state index contributed by atoms with van der Waals surface area (Å²) in [4.78, 5) is 4.24. The third-order valence-corrected chi connectivity index (χ3v) is 2.20. The van der Waals surface area contributed by atoms with Gasteiger partial charge in [0.15, 0.2) is 5.82 Å². The Morgan fingerprint density at radius 2 is 2.36 bits per heavy atom. The van der Waals surface area contributed by atoms with Gasteiger partial charge in [-0.3, -0.25) is 0 Å². The number of aromatic nitrogens is 2. The molecule has 0 aliphatic rings. The molecular weight excluding hydrogens is 202 g/mol. The molecule has 0 aliphatic carbocycles. The topological polar surface area (TPSA) is 56.3 Å². The van der Waals surface area contributed by atoms with Gasteiger partial charge in [-0.1, -0.05) is 0 Å². The van der Waals surface area contributed by atoms with E-state index in [1.165, 1.54) is 11.5 Å². The average Bonchev–Trinajstić information content (AvgIpc) is 2.63. The molecule has 0 atom stereocenters. The number of nitrogens with one attached hydrogen (secondary N) is 1. The van der Waals surface area contributed by atoms with E-state index in [-0.39, 0.29) is 0 Å². The van der Waals surface area contributed by atoms with Crippen LogP contribution in [0.3, 0.4) is 0 Å². The molecule has 80 valence electrons. The first-order chi connectivity index (χ1) is 6.86. The third-order valence-electron chi connectivity index (χ3n) is 1.49. The van der Waals surface area contributed by atoms with E-state index >= 15 is 0 Å². The van der Waals surface area contributed by atoms with Gasteiger partial charge in [-0.05, 0) is 6.92 Å². The molecule has 0 saturated heterocycles. The molecule has 0 bridgehead atoms. The molecule has 0 unspecified atom stereocenters. The smallest absolute Gasteiger partial charge is 0.202 e. The van der Waals surface area contributed by atoms with Crippen molar-refractivity contribution in [3.63, 3.8) is 0 Å². The van der Waals surface area contributed by atoms with Gasteiger partial charge >= 0.3 is 0 Å². The van der Waals surface area contributed by atoms with Gasteiger partial charge in [0.1, 0.15) is 6.61 Å². The van der Waals surface area contributed by atoms with E-state index in [9.17, 15) is 0 Å². The predicted molar refractivity (Wildman–Crippen MR) is 55.6 cm³/mol. The molecule has 0 amide bonds. The van der Waals surface area contributed by atoms with E-state index < -0.39 is 0 Å². The third kappa shape index (κ3) is 3.99. The van der Waals surface area contributed by atoms with Crippen molar-refractivity contribution >= 4 is 16.7 Å². The van der Waals surface area contributed by atoms with Crippen molar-refractivity contribution in [2.75, 3.05) is 32.2 Å². The zero-order valence-electron chi connectivity index (χ0n) is 8.45. The lowest BCUT2D eigenvalue weighted by Gasteiger charge is -1.99. The number of anilines is 1. The van der Waals surface area contributed by atoms with Crippen LogP contribution in [0.2, 0.25) is 0 Å². The van der Waals surface area contributed by atoms with Crippen LogP contribution in [0, 0.1) is 0 Å². The van der Waals surface area contributed by atoms with Gasteiger partial charge in [0, 0.05) is 31.8 Å². The minimum Gasteiger partial charge on any atom is -0.383 e. The number of hydrogen-bond acceptors (Lipinski definition) is 6. The summed E-state index contributed by atoms with van der Waals surface area (Å²) < 4.78 is 14.2. The Hall–Kier alpha value is -0.720. The first kappa shape index (κ1) is 11.4. The molecule has 0 saturated carbocycles. The summed E-state index contributed by atoms with van der Waals surface area (Å²) in [6.45, 7) is 4.54. The molecule has 0 radical (unpaired) electrons. The van der Waals surface area contributed by atoms with Crippen molar-refractivity contribution in [3.8, 4) is 0 Å². The first-order valence-electron chi connectivity index (χ1n) is 4.50. The van der Waals surface area contributed by atoms with Crippen LogP contribution in [0.4, 0.5) is 5.13 Å². The van der Waals surface area contributed by atoms with Gasteiger partial charge in [0.05, 0.1) is 6.61 Å². The van der Waals surface area contributed by atoms with Crippen molar-refractivity contribution in [1.82, 2.24) is 9.36 Å². The van der Waals surface area contributed by atoms with Gasteiger partial charge in [-0.25, -0.2) is 4.98 Å². The lowest BCUT2D eigenvalue weighted by molar-refractivity contribution is 0.129. The van der Waals surface area contributed by atoms with Crippen molar-refractivity contribution < 1.29 is 9.47 Å². The number of rotatable bonds is 7. The van der Waals surface area contributed by atoms with E-state index in [0.29, 0.717) is 19.8 Å². The Labute approximate surface area is 87.6 Å². The van der Waals surface area contributed by atoms with Gasteiger partial charge in [0.2, 0.25) is 5.13 Å². The van der Waals surface area contributed by atoms with Crippen LogP contribution in [0.15, 0.2) is 0 Å². The molecule has 6 heteroatoms. The van der Waals surface area contributed by atoms with Crippen LogP contribution in [-0.4, -0.2) is 36.2 Å². The molecule has 5 nitrogen and oxygen atoms in total. The van der Waals surface area contributed by atoms with Crippen LogP contribution in [0.1, 0.15) is 12.7 Å². The fraction of sp³-hybridized carbons (Fsp3) is 0.750. The summed E-state index contributed by atoms with van der Waals surface area (Å²) in [5, 5.41) is 3.92. The van der Waals surface area contributed by atoms with Crippen LogP contribution >= 0.6 is 11.5 Å². The largest absolute Gasteiger partial charge is 0.383 e. The van der Waals surface area contributed by atoms with Gasteiger partial charge in [-0.15, -0.1) is 0 Å². The van der Waals surface area contributed by atoms with Crippen molar-refractivity contribution in [2.45, 2.75) is 13.5 Å². The highest BCUT2D eigenvalue weighted by Crippen LogP contribution is 2.10. The molecule has 1 heterocycles. The highest BCUT2D eigenvalue weighted by molar-refractivity contribution is 7.09. The van der Waals surface area contributed by atoms with Crippen LogP contribution in [0.25, 0.3) is 0 Å². The molecule has 0 aromatic carbocycles. The Morgan fingerprint density at radius 3 is 3.07 bits per heavy atom. The van der Waals surface area contributed by atoms with Crippen molar-refractivity contribution in [1.29, 1.82) is 0 Å². The second kappa shape index (κ2) is 6.69. The fourth-order valence-corrected chi connectivity index (χ4v) is 1.44. The molecular formula is C8H15N3O2S. The summed E-state index contributed by atoms with van der Waals surface area (Å²) in [5.74, 6) is 0.733. The molecule has 1 rings (SSSR count). The zero-order chi connectivity index (χ0) is 10.2. The second-order valence-electron chi connectivity index (χ2n) is 2.57. The Morgan fingerprint density at radius 1 is 1.50 bits per heavy atom. The summed E-state index contributed by atoms with van der Waals surface area (Å²) in [7, 11) is 1.67. The Kier molecular flexibility index (Phi) is 5.43. The van der Waals surface area contributed by atoms with E-state index in [4.69, 9.17) is 9.47 Å². The highest BCUT2D eigenvalue weighted by Gasteiger charge is 2.02. The molecule has 1 aromatic heterocycles. The lowest BCUT2D eigenvalue weighted by Crippen LogP contribution is -2.07. The summed E-state index contributed by atoms with van der Waals surface area (Å²) >= 11 is 1.34. The number of nitrogens with zero attached hydrogens (tertiary/aromatic N) is 2. The summed E-state index contributed by atoms with van der Waals surface area (Å²) in [6, 6.07) is 0. The predicted octanol–water partition coefficient (Wildman–Crippen LogP) is 1.13. The van der Waals surface area contributed by atoms with E-state index in [1.807, 2.05) is 6.92 Å². The van der Waals surface area contributed by atoms with E-state index in [2.05, 4.69) is 14.7 Å². The number of hydrogen-bond donors (Lipinski definition) is 1. The SMILES string of the molecule is CCOCc1nsc(NCCOC)n1. The monoisotopic (exact) mass is 217 g/mol. The first-order valence-corrected chi connectivity index (χ1v) is 5.27. The van der Waals surface area contributed by atoms with Crippen molar-refractivity contribution in [3.05, 3.63) is 5.82 Å². The maximum Gasteiger partial charge on any atom is 0.202 e. The molecule has 1 aromatic rings. The molecule has 0 aliphatic heterocycles.